The summed E-state index contributed by atoms with van der Waals surface area (Å²) in [5.41, 5.74) is 3.46. The monoisotopic (exact) mass is 321 g/mol. The maximum Gasteiger partial charge on any atom is 0.226 e. The Kier molecular flexibility index (Phi) is 5.59. The molecule has 4 nitrogen and oxygen atoms in total. The van der Waals surface area contributed by atoms with E-state index in [0.717, 1.165) is 11.4 Å². The summed E-state index contributed by atoms with van der Waals surface area (Å²) >= 11 is 0. The molecular weight excluding hydrogens is 298 g/mol. The number of para-hydroxylation sites is 1. The molecule has 0 unspecified atom stereocenters. The Morgan fingerprint density at radius 3 is 2.38 bits per heavy atom. The molecule has 0 aliphatic heterocycles. The first-order chi connectivity index (χ1) is 11.4. The predicted octanol–water partition coefficient (Wildman–Crippen LogP) is 4.30. The molecular formula is C20H23N3O. The smallest absolute Gasteiger partial charge is 0.226 e. The summed E-state index contributed by atoms with van der Waals surface area (Å²) in [5.74, 6) is -0.0551. The molecule has 0 aromatic heterocycles. The van der Waals surface area contributed by atoms with Crippen LogP contribution in [0.1, 0.15) is 38.3 Å². The van der Waals surface area contributed by atoms with Gasteiger partial charge in [-0.05, 0) is 35.2 Å². The summed E-state index contributed by atoms with van der Waals surface area (Å²) in [4.78, 5) is 12.0. The van der Waals surface area contributed by atoms with Crippen LogP contribution in [0.3, 0.4) is 0 Å². The number of anilines is 2. The second-order valence-corrected chi connectivity index (χ2v) is 6.71. The van der Waals surface area contributed by atoms with Gasteiger partial charge in [0, 0.05) is 18.7 Å². The Morgan fingerprint density at radius 1 is 1.08 bits per heavy atom. The van der Waals surface area contributed by atoms with Crippen molar-refractivity contribution >= 4 is 17.3 Å². The minimum atomic E-state index is -0.0551. The van der Waals surface area contributed by atoms with Gasteiger partial charge in [0.1, 0.15) is 6.07 Å². The number of hydrogen-bond donors (Lipinski definition) is 2. The lowest BCUT2D eigenvalue weighted by Crippen LogP contribution is -2.17. The van der Waals surface area contributed by atoms with Gasteiger partial charge in [0.15, 0.2) is 0 Å². The molecule has 0 fully saturated rings. The topological polar surface area (TPSA) is 64.9 Å². The maximum absolute atomic E-state index is 12.0. The van der Waals surface area contributed by atoms with Crippen LogP contribution in [0.5, 0.6) is 0 Å². The van der Waals surface area contributed by atoms with E-state index in [1.54, 1.807) is 6.07 Å². The van der Waals surface area contributed by atoms with Gasteiger partial charge in [0.05, 0.1) is 11.3 Å². The fraction of sp³-hybridized carbons (Fsp3) is 0.300. The number of nitriles is 1. The average Bonchev–Trinajstić information content (AvgIpc) is 2.55. The molecule has 0 aliphatic carbocycles. The van der Waals surface area contributed by atoms with Crippen LogP contribution < -0.4 is 10.6 Å². The van der Waals surface area contributed by atoms with E-state index in [-0.39, 0.29) is 11.3 Å². The summed E-state index contributed by atoms with van der Waals surface area (Å²) in [6.45, 7) is 6.95. The van der Waals surface area contributed by atoms with Crippen LogP contribution in [0.4, 0.5) is 11.4 Å². The van der Waals surface area contributed by atoms with Crippen molar-refractivity contribution in [2.45, 2.75) is 32.6 Å². The van der Waals surface area contributed by atoms with Crippen LogP contribution in [0, 0.1) is 11.3 Å². The number of carbonyl (C=O) groups excluding carboxylic acids is 1. The lowest BCUT2D eigenvalue weighted by Gasteiger charge is -2.19. The molecule has 0 spiro atoms. The van der Waals surface area contributed by atoms with Crippen molar-refractivity contribution in [3.63, 3.8) is 0 Å². The number of rotatable bonds is 5. The van der Waals surface area contributed by atoms with Gasteiger partial charge in [0.25, 0.3) is 0 Å². The first-order valence-corrected chi connectivity index (χ1v) is 8.03. The van der Waals surface area contributed by atoms with Gasteiger partial charge in [-0.15, -0.1) is 0 Å². The quantitative estimate of drug-likeness (QED) is 0.863. The molecule has 0 aliphatic rings. The summed E-state index contributed by atoms with van der Waals surface area (Å²) in [5, 5.41) is 15.1. The molecule has 2 rings (SSSR count). The molecule has 0 heterocycles. The standard InChI is InChI=1S/C20H23N3O/c1-20(2,3)16-8-10-17(11-9-16)23-19(24)12-13-22-18-7-5-4-6-15(18)14-21/h4-11,22H,12-13H2,1-3H3,(H,23,24). The van der Waals surface area contributed by atoms with E-state index < -0.39 is 0 Å². The molecule has 2 N–H and O–H groups in total. The lowest BCUT2D eigenvalue weighted by molar-refractivity contribution is -0.115. The van der Waals surface area contributed by atoms with Gasteiger partial charge >= 0.3 is 0 Å². The van der Waals surface area contributed by atoms with Crippen LogP contribution in [0.15, 0.2) is 48.5 Å². The normalized spacial score (nSPS) is 10.8. The van der Waals surface area contributed by atoms with E-state index >= 15 is 0 Å². The molecule has 124 valence electrons. The first-order valence-electron chi connectivity index (χ1n) is 8.03. The molecule has 0 saturated carbocycles. The molecule has 0 radical (unpaired) electrons. The van der Waals surface area contributed by atoms with Crippen LogP contribution in [-0.4, -0.2) is 12.5 Å². The highest BCUT2D eigenvalue weighted by Gasteiger charge is 2.13. The zero-order valence-electron chi connectivity index (χ0n) is 14.4. The summed E-state index contributed by atoms with van der Waals surface area (Å²) in [6, 6.07) is 17.3. The van der Waals surface area contributed by atoms with Crippen LogP contribution in [0.25, 0.3) is 0 Å². The zero-order chi connectivity index (χ0) is 17.6. The largest absolute Gasteiger partial charge is 0.383 e. The van der Waals surface area contributed by atoms with E-state index in [1.165, 1.54) is 5.56 Å². The number of nitrogens with zero attached hydrogens (tertiary/aromatic N) is 1. The molecule has 0 bridgehead atoms. The van der Waals surface area contributed by atoms with Gasteiger partial charge < -0.3 is 10.6 Å². The molecule has 0 saturated heterocycles. The van der Waals surface area contributed by atoms with Crippen LogP contribution in [0.2, 0.25) is 0 Å². The van der Waals surface area contributed by atoms with Gasteiger partial charge in [-0.25, -0.2) is 0 Å². The Bertz CT molecular complexity index is 737. The third-order valence-electron chi connectivity index (χ3n) is 3.75. The SMILES string of the molecule is CC(C)(C)c1ccc(NC(=O)CCNc2ccccc2C#N)cc1. The first kappa shape index (κ1) is 17.6. The van der Waals surface area contributed by atoms with Crippen LogP contribution >= 0.6 is 0 Å². The fourth-order valence-electron chi connectivity index (χ4n) is 2.32. The Morgan fingerprint density at radius 2 is 1.75 bits per heavy atom. The third kappa shape index (κ3) is 4.85. The van der Waals surface area contributed by atoms with Crippen molar-refractivity contribution < 1.29 is 4.79 Å². The Hall–Kier alpha value is -2.80. The number of amides is 1. The number of nitrogens with one attached hydrogen (secondary N) is 2. The van der Waals surface area contributed by atoms with E-state index in [2.05, 4.69) is 37.5 Å². The molecule has 24 heavy (non-hydrogen) atoms. The summed E-state index contributed by atoms with van der Waals surface area (Å²) in [7, 11) is 0. The van der Waals surface area contributed by atoms with Gasteiger partial charge in [-0.2, -0.15) is 5.26 Å². The Balaban J connectivity index is 1.84. The zero-order valence-corrected chi connectivity index (χ0v) is 14.4. The van der Waals surface area contributed by atoms with Crippen molar-refractivity contribution in [3.8, 4) is 6.07 Å². The molecule has 1 amide bonds. The van der Waals surface area contributed by atoms with Crippen molar-refractivity contribution in [2.75, 3.05) is 17.2 Å². The highest BCUT2D eigenvalue weighted by atomic mass is 16.1. The summed E-state index contributed by atoms with van der Waals surface area (Å²) in [6.07, 6.45) is 0.334. The van der Waals surface area contributed by atoms with E-state index in [0.29, 0.717) is 18.5 Å². The number of carbonyl (C=O) groups is 1. The molecule has 0 atom stereocenters. The van der Waals surface area contributed by atoms with Crippen LogP contribution in [-0.2, 0) is 10.2 Å². The third-order valence-corrected chi connectivity index (χ3v) is 3.75. The minimum absolute atomic E-state index is 0.0551. The second-order valence-electron chi connectivity index (χ2n) is 6.71. The second kappa shape index (κ2) is 7.65. The average molecular weight is 321 g/mol. The maximum atomic E-state index is 12.0. The van der Waals surface area contributed by atoms with Gasteiger partial charge in [0.2, 0.25) is 5.91 Å². The van der Waals surface area contributed by atoms with E-state index in [1.807, 2.05) is 42.5 Å². The highest BCUT2D eigenvalue weighted by Crippen LogP contribution is 2.23. The summed E-state index contributed by atoms with van der Waals surface area (Å²) < 4.78 is 0. The van der Waals surface area contributed by atoms with E-state index in [4.69, 9.17) is 5.26 Å². The fourth-order valence-corrected chi connectivity index (χ4v) is 2.32. The van der Waals surface area contributed by atoms with Crippen molar-refractivity contribution in [2.24, 2.45) is 0 Å². The van der Waals surface area contributed by atoms with Gasteiger partial charge in [-0.1, -0.05) is 45.0 Å². The number of hydrogen-bond acceptors (Lipinski definition) is 3. The minimum Gasteiger partial charge on any atom is -0.383 e. The Labute approximate surface area is 143 Å². The molecule has 2 aromatic rings. The molecule has 4 heteroatoms. The van der Waals surface area contributed by atoms with Gasteiger partial charge in [-0.3, -0.25) is 4.79 Å². The lowest BCUT2D eigenvalue weighted by atomic mass is 9.87. The van der Waals surface area contributed by atoms with Crippen molar-refractivity contribution in [3.05, 3.63) is 59.7 Å². The molecule has 2 aromatic carbocycles. The van der Waals surface area contributed by atoms with E-state index in [9.17, 15) is 4.79 Å². The highest BCUT2D eigenvalue weighted by molar-refractivity contribution is 5.91. The predicted molar refractivity (Wildman–Crippen MR) is 98.0 cm³/mol. The van der Waals surface area contributed by atoms with Crippen molar-refractivity contribution in [1.29, 1.82) is 5.26 Å². The number of benzene rings is 2. The van der Waals surface area contributed by atoms with Crippen molar-refractivity contribution in [1.82, 2.24) is 0 Å².